The van der Waals surface area contributed by atoms with Crippen LogP contribution in [0.5, 0.6) is 0 Å². The average Bonchev–Trinajstić information content (AvgIpc) is 2.78. The van der Waals surface area contributed by atoms with Gasteiger partial charge in [0.15, 0.2) is 0 Å². The maximum atomic E-state index is 12.9. The Bertz CT molecular complexity index is 694. The lowest BCUT2D eigenvalue weighted by molar-refractivity contribution is 0.0535. The van der Waals surface area contributed by atoms with Gasteiger partial charge in [0.05, 0.1) is 16.6 Å². The van der Waals surface area contributed by atoms with Crippen LogP contribution in [-0.4, -0.2) is 58.6 Å². The smallest absolute Gasteiger partial charge is 0.258 e. The molecule has 0 N–H and O–H groups in total. The summed E-state index contributed by atoms with van der Waals surface area (Å²) in [7, 11) is 2.08. The van der Waals surface area contributed by atoms with Crippen LogP contribution >= 0.6 is 0 Å². The van der Waals surface area contributed by atoms with Gasteiger partial charge in [0.25, 0.3) is 11.6 Å². The molecule has 1 saturated heterocycles. The Hall–Kier alpha value is -1.95. The van der Waals surface area contributed by atoms with Gasteiger partial charge in [-0.3, -0.25) is 4.79 Å². The molecule has 1 aliphatic rings. The van der Waals surface area contributed by atoms with Crippen molar-refractivity contribution in [3.63, 3.8) is 0 Å². The fourth-order valence-corrected chi connectivity index (χ4v) is 2.98. The summed E-state index contributed by atoms with van der Waals surface area (Å²) in [4.78, 5) is 21.4. The third kappa shape index (κ3) is 2.40. The van der Waals surface area contributed by atoms with Crippen molar-refractivity contribution in [2.75, 3.05) is 26.7 Å². The third-order valence-electron chi connectivity index (χ3n) is 4.07. The first-order chi connectivity index (χ1) is 9.97. The summed E-state index contributed by atoms with van der Waals surface area (Å²) in [5.74, 6) is 0.0393. The van der Waals surface area contributed by atoms with Crippen LogP contribution in [0.1, 0.15) is 28.7 Å². The van der Waals surface area contributed by atoms with Gasteiger partial charge in [0.1, 0.15) is 0 Å². The van der Waals surface area contributed by atoms with Crippen LogP contribution in [0.15, 0.2) is 10.6 Å². The van der Waals surface area contributed by atoms with E-state index < -0.39 is 0 Å². The van der Waals surface area contributed by atoms with E-state index in [2.05, 4.69) is 29.0 Å². The number of pyridine rings is 1. The number of aromatic nitrogens is 2. The van der Waals surface area contributed by atoms with Crippen LogP contribution in [0.2, 0.25) is 0 Å². The summed E-state index contributed by atoms with van der Waals surface area (Å²) >= 11 is 0. The molecule has 0 unspecified atom stereocenters. The number of fused-ring (bicyclic) bond motifs is 1. The second-order valence-corrected chi connectivity index (χ2v) is 5.87. The molecule has 2 aromatic rings. The van der Waals surface area contributed by atoms with Crippen molar-refractivity contribution < 1.29 is 9.32 Å². The highest BCUT2D eigenvalue weighted by molar-refractivity contribution is 6.06. The number of aryl methyl sites for hydroxylation is 2. The van der Waals surface area contributed by atoms with Crippen molar-refractivity contribution in [3.05, 3.63) is 23.0 Å². The van der Waals surface area contributed by atoms with E-state index >= 15 is 0 Å². The Morgan fingerprint density at radius 2 is 2.14 bits per heavy atom. The molecule has 112 valence electrons. The van der Waals surface area contributed by atoms with Gasteiger partial charge in [-0.1, -0.05) is 5.16 Å². The minimum Gasteiger partial charge on any atom is -0.336 e. The first-order valence-corrected chi connectivity index (χ1v) is 7.20. The summed E-state index contributed by atoms with van der Waals surface area (Å²) in [6.07, 6.45) is 0. The molecule has 0 saturated carbocycles. The van der Waals surface area contributed by atoms with E-state index in [4.69, 9.17) is 4.52 Å². The van der Waals surface area contributed by atoms with E-state index in [9.17, 15) is 4.79 Å². The SMILES string of the molecule is Cc1cc(C(=O)N2CCN(C)C[C@H]2C)c2c(C)noc2n1. The molecule has 3 rings (SSSR count). The number of hydrogen-bond donors (Lipinski definition) is 0. The summed E-state index contributed by atoms with van der Waals surface area (Å²) in [6, 6.07) is 2.03. The molecular weight excluding hydrogens is 268 g/mol. The van der Waals surface area contributed by atoms with Crippen LogP contribution in [0.25, 0.3) is 11.1 Å². The molecule has 6 nitrogen and oxygen atoms in total. The van der Waals surface area contributed by atoms with Crippen molar-refractivity contribution in [1.29, 1.82) is 0 Å². The first kappa shape index (κ1) is 14.0. The molecule has 1 atom stereocenters. The van der Waals surface area contributed by atoms with Gasteiger partial charge in [-0.25, -0.2) is 4.98 Å². The van der Waals surface area contributed by atoms with E-state index in [1.54, 1.807) is 0 Å². The highest BCUT2D eigenvalue weighted by Crippen LogP contribution is 2.24. The average molecular weight is 288 g/mol. The second-order valence-electron chi connectivity index (χ2n) is 5.87. The molecule has 1 aliphatic heterocycles. The zero-order valence-electron chi connectivity index (χ0n) is 12.9. The van der Waals surface area contributed by atoms with E-state index in [1.807, 2.05) is 24.8 Å². The van der Waals surface area contributed by atoms with Crippen molar-refractivity contribution in [1.82, 2.24) is 19.9 Å². The molecule has 1 amide bonds. The van der Waals surface area contributed by atoms with Crippen molar-refractivity contribution >= 4 is 17.0 Å². The van der Waals surface area contributed by atoms with Crippen LogP contribution < -0.4 is 0 Å². The molecule has 2 aromatic heterocycles. The van der Waals surface area contributed by atoms with Crippen molar-refractivity contribution in [3.8, 4) is 0 Å². The summed E-state index contributed by atoms with van der Waals surface area (Å²) < 4.78 is 5.21. The Kier molecular flexibility index (Phi) is 3.41. The molecular formula is C15H20N4O2. The number of amides is 1. The largest absolute Gasteiger partial charge is 0.336 e. The molecule has 0 spiro atoms. The summed E-state index contributed by atoms with van der Waals surface area (Å²) in [5, 5.41) is 4.67. The van der Waals surface area contributed by atoms with Crippen molar-refractivity contribution in [2.24, 2.45) is 0 Å². The van der Waals surface area contributed by atoms with Gasteiger partial charge in [-0.2, -0.15) is 0 Å². The molecule has 0 bridgehead atoms. The number of carbonyl (C=O) groups excluding carboxylic acids is 1. The Morgan fingerprint density at radius 1 is 1.38 bits per heavy atom. The minimum atomic E-state index is 0.0393. The highest BCUT2D eigenvalue weighted by atomic mass is 16.5. The monoisotopic (exact) mass is 288 g/mol. The standard InChI is InChI=1S/C15H20N4O2/c1-9-7-12(13-11(3)17-21-14(13)16-9)15(20)19-6-5-18(4)8-10(19)2/h7,10H,5-6,8H2,1-4H3/t10-/m1/s1. The fourth-order valence-electron chi connectivity index (χ4n) is 2.98. The van der Waals surface area contributed by atoms with Gasteiger partial charge >= 0.3 is 0 Å². The van der Waals surface area contributed by atoms with Gasteiger partial charge in [-0.15, -0.1) is 0 Å². The molecule has 3 heterocycles. The number of likely N-dealkylation sites (N-methyl/N-ethyl adjacent to an activating group) is 1. The molecule has 21 heavy (non-hydrogen) atoms. The summed E-state index contributed by atoms with van der Waals surface area (Å²) in [6.45, 7) is 8.31. The number of rotatable bonds is 1. The van der Waals surface area contributed by atoms with Crippen LogP contribution in [-0.2, 0) is 0 Å². The van der Waals surface area contributed by atoms with Gasteiger partial charge < -0.3 is 14.3 Å². The number of hydrogen-bond acceptors (Lipinski definition) is 5. The van der Waals surface area contributed by atoms with Gasteiger partial charge in [0.2, 0.25) is 0 Å². The third-order valence-corrected chi connectivity index (χ3v) is 4.07. The molecule has 0 aromatic carbocycles. The lowest BCUT2D eigenvalue weighted by atomic mass is 10.1. The van der Waals surface area contributed by atoms with Crippen LogP contribution in [0, 0.1) is 13.8 Å². The summed E-state index contributed by atoms with van der Waals surface area (Å²) in [5.41, 5.74) is 2.57. The van der Waals surface area contributed by atoms with Crippen LogP contribution in [0.3, 0.4) is 0 Å². The Labute approximate surface area is 123 Å². The lowest BCUT2D eigenvalue weighted by Gasteiger charge is -2.38. The predicted molar refractivity (Wildman–Crippen MR) is 79.3 cm³/mol. The minimum absolute atomic E-state index is 0.0393. The number of carbonyl (C=O) groups is 1. The fraction of sp³-hybridized carbons (Fsp3) is 0.533. The van der Waals surface area contributed by atoms with Gasteiger partial charge in [-0.05, 0) is 33.9 Å². The van der Waals surface area contributed by atoms with E-state index in [0.717, 1.165) is 30.7 Å². The second kappa shape index (κ2) is 5.11. The maximum absolute atomic E-state index is 12.9. The molecule has 0 aliphatic carbocycles. The number of piperazine rings is 1. The van der Waals surface area contributed by atoms with Crippen molar-refractivity contribution in [2.45, 2.75) is 26.8 Å². The zero-order chi connectivity index (χ0) is 15.1. The Balaban J connectivity index is 2.03. The molecule has 0 radical (unpaired) electrons. The topological polar surface area (TPSA) is 62.5 Å². The molecule has 6 heteroatoms. The predicted octanol–water partition coefficient (Wildman–Crippen LogP) is 1.62. The Morgan fingerprint density at radius 3 is 2.86 bits per heavy atom. The zero-order valence-corrected chi connectivity index (χ0v) is 12.9. The van der Waals surface area contributed by atoms with E-state index in [1.165, 1.54) is 0 Å². The normalized spacial score (nSPS) is 20.2. The molecule has 1 fully saturated rings. The first-order valence-electron chi connectivity index (χ1n) is 7.20. The lowest BCUT2D eigenvalue weighted by Crippen LogP contribution is -2.52. The van der Waals surface area contributed by atoms with Gasteiger partial charge in [0, 0.05) is 31.4 Å². The van der Waals surface area contributed by atoms with E-state index in [0.29, 0.717) is 17.0 Å². The quantitative estimate of drug-likeness (QED) is 0.798. The highest BCUT2D eigenvalue weighted by Gasteiger charge is 2.29. The number of nitrogens with zero attached hydrogens (tertiary/aromatic N) is 4. The van der Waals surface area contributed by atoms with Crippen LogP contribution in [0.4, 0.5) is 0 Å². The van der Waals surface area contributed by atoms with E-state index in [-0.39, 0.29) is 11.9 Å². The maximum Gasteiger partial charge on any atom is 0.258 e.